The molecule has 0 N–H and O–H groups in total. The highest BCUT2D eigenvalue weighted by atomic mass is 35.5. The highest BCUT2D eigenvalue weighted by Crippen LogP contribution is 2.30. The number of fused-ring (bicyclic) bond motifs is 2. The second-order valence-electron chi connectivity index (χ2n) is 5.89. The molecule has 4 rings (SSSR count). The summed E-state index contributed by atoms with van der Waals surface area (Å²) in [7, 11) is 1.91. The van der Waals surface area contributed by atoms with Crippen LogP contribution in [0.3, 0.4) is 0 Å². The van der Waals surface area contributed by atoms with Gasteiger partial charge in [-0.05, 0) is 24.5 Å². The minimum Gasteiger partial charge on any atom is -0.285 e. The molecule has 1 aliphatic heterocycles. The van der Waals surface area contributed by atoms with Crippen molar-refractivity contribution in [2.45, 2.75) is 13.3 Å². The van der Waals surface area contributed by atoms with E-state index in [0.29, 0.717) is 22.9 Å². The fraction of sp³-hybridized carbons (Fsp3) is 0.235. The summed E-state index contributed by atoms with van der Waals surface area (Å²) in [5.74, 6) is -0.145. The molecule has 0 spiro atoms. The Balaban J connectivity index is 1.70. The number of carbonyl (C=O) groups excluding carboxylic acids is 1. The Morgan fingerprint density at radius 1 is 1.33 bits per heavy atom. The van der Waals surface area contributed by atoms with Crippen molar-refractivity contribution in [1.82, 2.24) is 19.6 Å². The normalized spacial score (nSPS) is 14.1. The third-order valence-electron chi connectivity index (χ3n) is 4.34. The molecule has 2 aromatic heterocycles. The molecule has 3 aromatic rings. The summed E-state index contributed by atoms with van der Waals surface area (Å²) in [6.07, 6.45) is 4.00. The van der Waals surface area contributed by atoms with Crippen LogP contribution in [0.15, 0.2) is 36.7 Å². The first kappa shape index (κ1) is 15.0. The molecule has 3 heterocycles. The molecule has 0 saturated carbocycles. The number of halogens is 1. The minimum absolute atomic E-state index is 0.145. The van der Waals surface area contributed by atoms with Gasteiger partial charge in [0.15, 0.2) is 11.3 Å². The maximum Gasteiger partial charge on any atom is 0.292 e. The fourth-order valence-corrected chi connectivity index (χ4v) is 3.35. The number of nitrogens with zero attached hydrogens (tertiary/aromatic N) is 5. The quantitative estimate of drug-likeness (QED) is 0.683. The van der Waals surface area contributed by atoms with Gasteiger partial charge in [-0.1, -0.05) is 29.8 Å². The number of hydrogen-bond acceptors (Lipinski definition) is 4. The molecule has 24 heavy (non-hydrogen) atoms. The average Bonchev–Trinajstić information content (AvgIpc) is 2.97. The summed E-state index contributed by atoms with van der Waals surface area (Å²) in [5.41, 5.74) is 4.44. The number of rotatable bonds is 1. The van der Waals surface area contributed by atoms with Crippen LogP contribution >= 0.6 is 11.6 Å². The Morgan fingerprint density at radius 3 is 3.00 bits per heavy atom. The highest BCUT2D eigenvalue weighted by molar-refractivity contribution is 6.30. The Hall–Kier alpha value is -2.60. The number of benzene rings is 1. The SMILES string of the molecule is Cc1cccc2c1N(C)N(C(=O)c1cc3ncc(Cl)cn3n1)CC2. The van der Waals surface area contributed by atoms with Gasteiger partial charge in [0.1, 0.15) is 0 Å². The molecule has 0 radical (unpaired) electrons. The maximum atomic E-state index is 12.9. The van der Waals surface area contributed by atoms with Crippen molar-refractivity contribution < 1.29 is 4.79 Å². The van der Waals surface area contributed by atoms with Gasteiger partial charge in [0.2, 0.25) is 0 Å². The van der Waals surface area contributed by atoms with Gasteiger partial charge in [0.05, 0.1) is 16.9 Å². The zero-order valence-corrected chi connectivity index (χ0v) is 14.2. The van der Waals surface area contributed by atoms with Crippen molar-refractivity contribution in [3.63, 3.8) is 0 Å². The first-order chi connectivity index (χ1) is 11.5. The number of hydrazine groups is 1. The van der Waals surface area contributed by atoms with Gasteiger partial charge >= 0.3 is 0 Å². The predicted octanol–water partition coefficient (Wildman–Crippen LogP) is 2.74. The lowest BCUT2D eigenvalue weighted by molar-refractivity contribution is 0.0732. The average molecular weight is 342 g/mol. The third kappa shape index (κ3) is 2.30. The number of aromatic nitrogens is 3. The second kappa shape index (κ2) is 5.49. The van der Waals surface area contributed by atoms with Gasteiger partial charge in [0, 0.05) is 25.9 Å². The van der Waals surface area contributed by atoms with E-state index in [2.05, 4.69) is 35.2 Å². The summed E-state index contributed by atoms with van der Waals surface area (Å²) >= 11 is 5.93. The van der Waals surface area contributed by atoms with Gasteiger partial charge in [-0.25, -0.2) is 14.5 Å². The van der Waals surface area contributed by atoms with E-state index in [1.165, 1.54) is 10.1 Å². The Labute approximate surface area is 144 Å². The maximum absolute atomic E-state index is 12.9. The van der Waals surface area contributed by atoms with Crippen LogP contribution < -0.4 is 5.01 Å². The van der Waals surface area contributed by atoms with Gasteiger partial charge in [-0.2, -0.15) is 5.10 Å². The van der Waals surface area contributed by atoms with Crippen molar-refractivity contribution in [3.05, 3.63) is 58.5 Å². The molecule has 1 amide bonds. The number of hydrogen-bond donors (Lipinski definition) is 0. The molecule has 1 aliphatic rings. The van der Waals surface area contributed by atoms with E-state index >= 15 is 0 Å². The molecular weight excluding hydrogens is 326 g/mol. The largest absolute Gasteiger partial charge is 0.292 e. The first-order valence-corrected chi connectivity index (χ1v) is 8.07. The van der Waals surface area contributed by atoms with Crippen LogP contribution in [0.5, 0.6) is 0 Å². The van der Waals surface area contributed by atoms with Gasteiger partial charge in [-0.15, -0.1) is 0 Å². The molecule has 7 heteroatoms. The van der Waals surface area contributed by atoms with E-state index in [4.69, 9.17) is 11.6 Å². The molecule has 122 valence electrons. The van der Waals surface area contributed by atoms with E-state index in [9.17, 15) is 4.79 Å². The first-order valence-electron chi connectivity index (χ1n) is 7.69. The van der Waals surface area contributed by atoms with Crippen molar-refractivity contribution in [3.8, 4) is 0 Å². The Kier molecular flexibility index (Phi) is 3.42. The summed E-state index contributed by atoms with van der Waals surface area (Å²) in [6.45, 7) is 2.67. The highest BCUT2D eigenvalue weighted by Gasteiger charge is 2.28. The number of carbonyl (C=O) groups is 1. The van der Waals surface area contributed by atoms with E-state index in [1.54, 1.807) is 23.5 Å². The molecule has 0 atom stereocenters. The van der Waals surface area contributed by atoms with Crippen LogP contribution in [0, 0.1) is 6.92 Å². The molecule has 0 saturated heterocycles. The summed E-state index contributed by atoms with van der Waals surface area (Å²) in [5, 5.41) is 8.43. The Morgan fingerprint density at radius 2 is 2.17 bits per heavy atom. The smallest absolute Gasteiger partial charge is 0.285 e. The van der Waals surface area contributed by atoms with E-state index in [0.717, 1.165) is 17.7 Å². The van der Waals surface area contributed by atoms with Crippen LogP contribution in [0.2, 0.25) is 5.02 Å². The van der Waals surface area contributed by atoms with Crippen molar-refractivity contribution >= 4 is 28.8 Å². The van der Waals surface area contributed by atoms with Gasteiger partial charge in [0.25, 0.3) is 5.91 Å². The number of amides is 1. The van der Waals surface area contributed by atoms with E-state index < -0.39 is 0 Å². The lowest BCUT2D eigenvalue weighted by atomic mass is 10.0. The lowest BCUT2D eigenvalue weighted by Gasteiger charge is -2.39. The molecule has 1 aromatic carbocycles. The number of anilines is 1. The van der Waals surface area contributed by atoms with Crippen molar-refractivity contribution in [2.75, 3.05) is 18.6 Å². The Bertz CT molecular complexity index is 951. The zero-order valence-electron chi connectivity index (χ0n) is 13.4. The predicted molar refractivity (Wildman–Crippen MR) is 92.3 cm³/mol. The number of aryl methyl sites for hydroxylation is 1. The van der Waals surface area contributed by atoms with Crippen LogP contribution in [0.4, 0.5) is 5.69 Å². The zero-order chi connectivity index (χ0) is 16.8. The molecule has 0 bridgehead atoms. The van der Waals surface area contributed by atoms with E-state index in [-0.39, 0.29) is 5.91 Å². The summed E-state index contributed by atoms with van der Waals surface area (Å²) < 4.78 is 1.53. The van der Waals surface area contributed by atoms with Crippen LogP contribution in [0.25, 0.3) is 5.65 Å². The fourth-order valence-electron chi connectivity index (χ4n) is 3.21. The molecule has 0 fully saturated rings. The van der Waals surface area contributed by atoms with Gasteiger partial charge < -0.3 is 0 Å². The van der Waals surface area contributed by atoms with Crippen molar-refractivity contribution in [1.29, 1.82) is 0 Å². The van der Waals surface area contributed by atoms with Crippen LogP contribution in [-0.4, -0.2) is 39.1 Å². The van der Waals surface area contributed by atoms with Crippen LogP contribution in [0.1, 0.15) is 21.6 Å². The molecule has 6 nitrogen and oxygen atoms in total. The monoisotopic (exact) mass is 341 g/mol. The summed E-state index contributed by atoms with van der Waals surface area (Å²) in [6, 6.07) is 7.90. The molecular formula is C17H16ClN5O. The van der Waals surface area contributed by atoms with Crippen molar-refractivity contribution in [2.24, 2.45) is 0 Å². The molecule has 0 unspecified atom stereocenters. The molecule has 0 aliphatic carbocycles. The standard InChI is InChI=1S/C17H16ClN5O/c1-11-4-3-5-12-6-7-23(21(2)16(11)12)17(24)14-8-15-19-9-13(18)10-22(15)20-14/h3-5,8-10H,6-7H2,1-2H3. The number of para-hydroxylation sites is 1. The van der Waals surface area contributed by atoms with E-state index in [1.807, 2.05) is 12.1 Å². The lowest BCUT2D eigenvalue weighted by Crippen LogP contribution is -2.49. The summed E-state index contributed by atoms with van der Waals surface area (Å²) in [4.78, 5) is 17.1. The van der Waals surface area contributed by atoms with Crippen LogP contribution in [-0.2, 0) is 6.42 Å². The third-order valence-corrected chi connectivity index (χ3v) is 4.53. The topological polar surface area (TPSA) is 53.7 Å². The second-order valence-corrected chi connectivity index (χ2v) is 6.33. The minimum atomic E-state index is -0.145. The van der Waals surface area contributed by atoms with Gasteiger partial charge in [-0.3, -0.25) is 9.80 Å².